The van der Waals surface area contributed by atoms with Gasteiger partial charge in [-0.15, -0.1) is 0 Å². The van der Waals surface area contributed by atoms with E-state index in [1.807, 2.05) is 34.6 Å². The first-order valence-corrected chi connectivity index (χ1v) is 6.05. The van der Waals surface area contributed by atoms with Crippen molar-refractivity contribution in [2.75, 3.05) is 19.6 Å². The van der Waals surface area contributed by atoms with Crippen LogP contribution in [-0.4, -0.2) is 37.0 Å². The molecule has 0 saturated carbocycles. The molecule has 0 aromatic carbocycles. The maximum absolute atomic E-state index is 11.6. The molecule has 100 valence electrons. The van der Waals surface area contributed by atoms with Crippen LogP contribution in [0.3, 0.4) is 0 Å². The minimum Gasteiger partial charge on any atom is -0.350 e. The van der Waals surface area contributed by atoms with Gasteiger partial charge in [-0.05, 0) is 27.3 Å². The SMILES string of the molecule is CCNCC(C)C(=O)NCC(=O)NC(C)(C)C. The largest absolute Gasteiger partial charge is 0.350 e. The zero-order valence-electron chi connectivity index (χ0n) is 11.5. The molecule has 0 rings (SSSR count). The zero-order chi connectivity index (χ0) is 13.5. The van der Waals surface area contributed by atoms with E-state index in [-0.39, 0.29) is 29.8 Å². The first-order valence-electron chi connectivity index (χ1n) is 6.05. The van der Waals surface area contributed by atoms with Gasteiger partial charge in [-0.25, -0.2) is 0 Å². The van der Waals surface area contributed by atoms with E-state index in [1.165, 1.54) is 0 Å². The van der Waals surface area contributed by atoms with Crippen LogP contribution in [-0.2, 0) is 9.59 Å². The van der Waals surface area contributed by atoms with Crippen molar-refractivity contribution in [2.24, 2.45) is 5.92 Å². The minimum atomic E-state index is -0.267. The number of rotatable bonds is 6. The van der Waals surface area contributed by atoms with E-state index in [4.69, 9.17) is 0 Å². The zero-order valence-corrected chi connectivity index (χ0v) is 11.5. The Hall–Kier alpha value is -1.10. The fourth-order valence-corrected chi connectivity index (χ4v) is 1.26. The predicted octanol–water partition coefficient (Wildman–Crippen LogP) is 0.263. The van der Waals surface area contributed by atoms with Gasteiger partial charge in [0.2, 0.25) is 11.8 Å². The van der Waals surface area contributed by atoms with Crippen LogP contribution in [0.25, 0.3) is 0 Å². The summed E-state index contributed by atoms with van der Waals surface area (Å²) >= 11 is 0. The molecule has 0 fully saturated rings. The third-order valence-electron chi connectivity index (χ3n) is 2.09. The lowest BCUT2D eigenvalue weighted by Gasteiger charge is -2.21. The number of amides is 2. The molecule has 0 aliphatic rings. The molecule has 2 amide bonds. The highest BCUT2D eigenvalue weighted by Gasteiger charge is 2.16. The molecule has 0 aromatic rings. The Bertz CT molecular complexity index is 259. The van der Waals surface area contributed by atoms with Gasteiger partial charge in [-0.3, -0.25) is 9.59 Å². The van der Waals surface area contributed by atoms with Crippen molar-refractivity contribution in [3.05, 3.63) is 0 Å². The highest BCUT2D eigenvalue weighted by atomic mass is 16.2. The van der Waals surface area contributed by atoms with Gasteiger partial charge in [0, 0.05) is 18.0 Å². The first kappa shape index (κ1) is 15.9. The number of nitrogens with one attached hydrogen (secondary N) is 3. The minimum absolute atomic E-state index is 0.0343. The summed E-state index contributed by atoms with van der Waals surface area (Å²) in [4.78, 5) is 23.0. The van der Waals surface area contributed by atoms with Crippen LogP contribution in [0.2, 0.25) is 0 Å². The number of carbonyl (C=O) groups excluding carboxylic acids is 2. The van der Waals surface area contributed by atoms with Gasteiger partial charge in [0.25, 0.3) is 0 Å². The Labute approximate surface area is 104 Å². The van der Waals surface area contributed by atoms with Crippen molar-refractivity contribution in [3.8, 4) is 0 Å². The average Bonchev–Trinajstić information content (AvgIpc) is 2.20. The molecule has 0 aromatic heterocycles. The molecule has 0 aliphatic carbocycles. The van der Waals surface area contributed by atoms with Crippen LogP contribution in [0, 0.1) is 5.92 Å². The van der Waals surface area contributed by atoms with Crippen molar-refractivity contribution >= 4 is 11.8 Å². The van der Waals surface area contributed by atoms with E-state index in [2.05, 4.69) is 16.0 Å². The lowest BCUT2D eigenvalue weighted by atomic mass is 10.1. The summed E-state index contributed by atoms with van der Waals surface area (Å²) < 4.78 is 0. The Kier molecular flexibility index (Phi) is 6.80. The van der Waals surface area contributed by atoms with Crippen molar-refractivity contribution in [3.63, 3.8) is 0 Å². The van der Waals surface area contributed by atoms with Crippen LogP contribution in [0.4, 0.5) is 0 Å². The summed E-state index contributed by atoms with van der Waals surface area (Å²) in [6, 6.07) is 0. The maximum Gasteiger partial charge on any atom is 0.239 e. The monoisotopic (exact) mass is 243 g/mol. The Balaban J connectivity index is 3.87. The lowest BCUT2D eigenvalue weighted by Crippen LogP contribution is -2.47. The highest BCUT2D eigenvalue weighted by Crippen LogP contribution is 1.97. The molecule has 1 atom stereocenters. The highest BCUT2D eigenvalue weighted by molar-refractivity contribution is 5.86. The van der Waals surface area contributed by atoms with E-state index >= 15 is 0 Å². The summed E-state index contributed by atoms with van der Waals surface area (Å²) in [6.07, 6.45) is 0. The van der Waals surface area contributed by atoms with Crippen LogP contribution in [0.1, 0.15) is 34.6 Å². The smallest absolute Gasteiger partial charge is 0.239 e. The number of hydrogen-bond donors (Lipinski definition) is 3. The molecule has 3 N–H and O–H groups in total. The number of carbonyl (C=O) groups is 2. The molecule has 5 heteroatoms. The van der Waals surface area contributed by atoms with Gasteiger partial charge in [-0.2, -0.15) is 0 Å². The molecule has 1 unspecified atom stereocenters. The molecule has 5 nitrogen and oxygen atoms in total. The summed E-state index contributed by atoms with van der Waals surface area (Å²) in [5.74, 6) is -0.395. The van der Waals surface area contributed by atoms with Crippen LogP contribution in [0.5, 0.6) is 0 Å². The fourth-order valence-electron chi connectivity index (χ4n) is 1.26. The first-order chi connectivity index (χ1) is 7.76. The summed E-state index contributed by atoms with van der Waals surface area (Å²) in [6.45, 7) is 11.0. The van der Waals surface area contributed by atoms with E-state index in [0.717, 1.165) is 6.54 Å². The Morgan fingerprint density at radius 3 is 2.29 bits per heavy atom. The van der Waals surface area contributed by atoms with Gasteiger partial charge in [-0.1, -0.05) is 13.8 Å². The molecule has 0 saturated heterocycles. The third kappa shape index (κ3) is 8.68. The molecular formula is C12H25N3O2. The molecule has 0 radical (unpaired) electrons. The maximum atomic E-state index is 11.6. The van der Waals surface area contributed by atoms with E-state index in [1.54, 1.807) is 0 Å². The van der Waals surface area contributed by atoms with Gasteiger partial charge in [0.1, 0.15) is 0 Å². The molecule has 17 heavy (non-hydrogen) atoms. The second kappa shape index (κ2) is 7.27. The number of hydrogen-bond acceptors (Lipinski definition) is 3. The quantitative estimate of drug-likeness (QED) is 0.627. The Morgan fingerprint density at radius 2 is 1.82 bits per heavy atom. The molecule has 0 heterocycles. The third-order valence-corrected chi connectivity index (χ3v) is 2.09. The van der Waals surface area contributed by atoms with Crippen molar-refractivity contribution in [1.29, 1.82) is 0 Å². The molecular weight excluding hydrogens is 218 g/mol. The Morgan fingerprint density at radius 1 is 1.24 bits per heavy atom. The topological polar surface area (TPSA) is 70.2 Å². The molecule has 0 spiro atoms. The van der Waals surface area contributed by atoms with Crippen LogP contribution in [0.15, 0.2) is 0 Å². The van der Waals surface area contributed by atoms with Gasteiger partial charge < -0.3 is 16.0 Å². The van der Waals surface area contributed by atoms with Crippen LogP contribution >= 0.6 is 0 Å². The molecule has 0 bridgehead atoms. The van der Waals surface area contributed by atoms with Crippen molar-refractivity contribution in [2.45, 2.75) is 40.2 Å². The second-order valence-electron chi connectivity index (χ2n) is 5.22. The molecule has 0 aliphatic heterocycles. The second-order valence-corrected chi connectivity index (χ2v) is 5.22. The summed E-state index contributed by atoms with van der Waals surface area (Å²) in [7, 11) is 0. The van der Waals surface area contributed by atoms with Gasteiger partial charge in [0.05, 0.1) is 6.54 Å². The van der Waals surface area contributed by atoms with E-state index in [0.29, 0.717) is 6.54 Å². The summed E-state index contributed by atoms with van der Waals surface area (Å²) in [5.41, 5.74) is -0.267. The van der Waals surface area contributed by atoms with Gasteiger partial charge >= 0.3 is 0 Å². The fraction of sp³-hybridized carbons (Fsp3) is 0.833. The van der Waals surface area contributed by atoms with E-state index in [9.17, 15) is 9.59 Å². The normalized spacial score (nSPS) is 13.0. The van der Waals surface area contributed by atoms with Gasteiger partial charge in [0.15, 0.2) is 0 Å². The lowest BCUT2D eigenvalue weighted by molar-refractivity contribution is -0.128. The average molecular weight is 243 g/mol. The van der Waals surface area contributed by atoms with Crippen molar-refractivity contribution in [1.82, 2.24) is 16.0 Å². The predicted molar refractivity (Wildman–Crippen MR) is 68.6 cm³/mol. The van der Waals surface area contributed by atoms with Crippen molar-refractivity contribution < 1.29 is 9.59 Å². The van der Waals surface area contributed by atoms with E-state index < -0.39 is 0 Å². The summed E-state index contributed by atoms with van der Waals surface area (Å²) in [5, 5.41) is 8.50. The standard InChI is InChI=1S/C12H25N3O2/c1-6-13-7-9(2)11(17)14-8-10(16)15-12(3,4)5/h9,13H,6-8H2,1-5H3,(H,14,17)(H,15,16). The van der Waals surface area contributed by atoms with Crippen LogP contribution < -0.4 is 16.0 Å².